The minimum Gasteiger partial charge on any atom is -0.339 e. The Hall–Kier alpha value is -0.980. The van der Waals surface area contributed by atoms with Crippen LogP contribution in [-0.2, 0) is 12.8 Å². The van der Waals surface area contributed by atoms with Crippen molar-refractivity contribution in [3.63, 3.8) is 0 Å². The van der Waals surface area contributed by atoms with Crippen LogP contribution in [-0.4, -0.2) is 72.8 Å². The van der Waals surface area contributed by atoms with Crippen LogP contribution in [0.2, 0.25) is 0 Å². The van der Waals surface area contributed by atoms with E-state index in [1.54, 1.807) is 0 Å². The molecule has 1 N–H and O–H groups in total. The fourth-order valence-electron chi connectivity index (χ4n) is 2.65. The Kier molecular flexibility index (Phi) is 5.51. The molecule has 0 bridgehead atoms. The van der Waals surface area contributed by atoms with E-state index in [-0.39, 0.29) is 0 Å². The lowest BCUT2D eigenvalue weighted by Gasteiger charge is -2.37. The largest absolute Gasteiger partial charge is 0.339 e. The first kappa shape index (κ1) is 15.4. The molecule has 1 aromatic rings. The fourth-order valence-corrected chi connectivity index (χ4v) is 2.65. The smallest absolute Gasteiger partial charge is 0.228 e. The zero-order valence-electron chi connectivity index (χ0n) is 13.1. The maximum atomic E-state index is 5.37. The van der Waals surface area contributed by atoms with Crippen LogP contribution in [0.4, 0.5) is 0 Å². The Balaban J connectivity index is 1.91. The molecule has 114 valence electrons. The molecular weight excluding hydrogens is 254 g/mol. The summed E-state index contributed by atoms with van der Waals surface area (Å²) in [5.41, 5.74) is 0. The van der Waals surface area contributed by atoms with Gasteiger partial charge in [-0.25, -0.2) is 0 Å². The summed E-state index contributed by atoms with van der Waals surface area (Å²) in [5, 5.41) is 7.39. The minimum absolute atomic E-state index is 0.409. The highest BCUT2D eigenvalue weighted by Gasteiger charge is 2.24. The number of nitrogens with one attached hydrogen (secondary N) is 1. The van der Waals surface area contributed by atoms with Gasteiger partial charge in [0.15, 0.2) is 5.82 Å². The van der Waals surface area contributed by atoms with Crippen molar-refractivity contribution in [3.05, 3.63) is 11.7 Å². The van der Waals surface area contributed by atoms with Gasteiger partial charge in [-0.2, -0.15) is 4.98 Å². The van der Waals surface area contributed by atoms with Crippen molar-refractivity contribution in [1.82, 2.24) is 25.3 Å². The van der Waals surface area contributed by atoms with Crippen LogP contribution in [0.15, 0.2) is 4.52 Å². The third-order valence-electron chi connectivity index (χ3n) is 4.23. The van der Waals surface area contributed by atoms with Gasteiger partial charge in [0.2, 0.25) is 5.89 Å². The first-order valence-corrected chi connectivity index (χ1v) is 7.49. The van der Waals surface area contributed by atoms with Crippen LogP contribution in [0.3, 0.4) is 0 Å². The van der Waals surface area contributed by atoms with Crippen molar-refractivity contribution in [1.29, 1.82) is 0 Å². The predicted molar refractivity (Wildman–Crippen MR) is 78.8 cm³/mol. The molecule has 6 nitrogen and oxygen atoms in total. The van der Waals surface area contributed by atoms with Crippen LogP contribution in [0.1, 0.15) is 25.1 Å². The highest BCUT2D eigenvalue weighted by atomic mass is 16.5. The van der Waals surface area contributed by atoms with E-state index in [4.69, 9.17) is 4.52 Å². The zero-order valence-corrected chi connectivity index (χ0v) is 13.1. The second-order valence-corrected chi connectivity index (χ2v) is 5.80. The van der Waals surface area contributed by atoms with Gasteiger partial charge in [-0.3, -0.25) is 0 Å². The highest BCUT2D eigenvalue weighted by Crippen LogP contribution is 2.12. The molecule has 20 heavy (non-hydrogen) atoms. The molecule has 2 atom stereocenters. The fraction of sp³-hybridized carbons (Fsp3) is 0.857. The summed E-state index contributed by atoms with van der Waals surface area (Å²) in [6.45, 7) is 5.45. The number of piperazine rings is 1. The summed E-state index contributed by atoms with van der Waals surface area (Å²) < 4.78 is 5.37. The number of hydrogen-bond acceptors (Lipinski definition) is 6. The van der Waals surface area contributed by atoms with Crippen LogP contribution < -0.4 is 5.32 Å². The molecule has 1 aliphatic rings. The van der Waals surface area contributed by atoms with E-state index in [1.807, 2.05) is 7.05 Å². The topological polar surface area (TPSA) is 57.4 Å². The summed E-state index contributed by atoms with van der Waals surface area (Å²) in [4.78, 5) is 9.28. The van der Waals surface area contributed by atoms with Gasteiger partial charge in [0.05, 0.1) is 0 Å². The van der Waals surface area contributed by atoms with Crippen molar-refractivity contribution in [2.75, 3.05) is 40.8 Å². The van der Waals surface area contributed by atoms with Gasteiger partial charge in [-0.1, -0.05) is 12.1 Å². The average molecular weight is 281 g/mol. The number of hydrogen-bond donors (Lipinski definition) is 1. The Bertz CT molecular complexity index is 404. The third-order valence-corrected chi connectivity index (χ3v) is 4.23. The van der Waals surface area contributed by atoms with Gasteiger partial charge in [0, 0.05) is 44.6 Å². The van der Waals surface area contributed by atoms with Gasteiger partial charge in [0.1, 0.15) is 0 Å². The molecule has 0 amide bonds. The Morgan fingerprint density at radius 3 is 2.90 bits per heavy atom. The summed E-state index contributed by atoms with van der Waals surface area (Å²) in [6.07, 6.45) is 2.73. The Morgan fingerprint density at radius 1 is 1.40 bits per heavy atom. The molecular formula is C14H27N5O. The summed E-state index contributed by atoms with van der Waals surface area (Å²) in [7, 11) is 6.31. The minimum atomic E-state index is 0.409. The molecule has 0 saturated carbocycles. The Labute approximate surface area is 121 Å². The van der Waals surface area contributed by atoms with Crippen molar-refractivity contribution in [3.8, 4) is 0 Å². The lowest BCUT2D eigenvalue weighted by molar-refractivity contribution is 0.113. The van der Waals surface area contributed by atoms with Crippen LogP contribution >= 0.6 is 0 Å². The lowest BCUT2D eigenvalue weighted by atomic mass is 10.1. The third kappa shape index (κ3) is 4.01. The molecule has 2 unspecified atom stereocenters. The van der Waals surface area contributed by atoms with E-state index in [1.165, 1.54) is 0 Å². The molecule has 2 rings (SSSR count). The lowest BCUT2D eigenvalue weighted by Crippen LogP contribution is -2.50. The van der Waals surface area contributed by atoms with Crippen molar-refractivity contribution < 1.29 is 4.52 Å². The quantitative estimate of drug-likeness (QED) is 0.814. The van der Waals surface area contributed by atoms with Gasteiger partial charge >= 0.3 is 0 Å². The maximum absolute atomic E-state index is 5.37. The molecule has 6 heteroatoms. The monoisotopic (exact) mass is 281 g/mol. The predicted octanol–water partition coefficient (Wildman–Crippen LogP) is 0.398. The van der Waals surface area contributed by atoms with Crippen LogP contribution in [0.25, 0.3) is 0 Å². The van der Waals surface area contributed by atoms with Crippen molar-refractivity contribution in [2.45, 2.75) is 38.3 Å². The molecule has 1 aromatic heterocycles. The van der Waals surface area contributed by atoms with E-state index in [0.717, 1.165) is 50.6 Å². The normalized spacial score (nSPS) is 23.1. The molecule has 1 aliphatic heterocycles. The summed E-state index contributed by atoms with van der Waals surface area (Å²) in [6, 6.07) is 0.886. The second-order valence-electron chi connectivity index (χ2n) is 5.80. The van der Waals surface area contributed by atoms with Gasteiger partial charge in [-0.15, -0.1) is 0 Å². The maximum Gasteiger partial charge on any atom is 0.228 e. The van der Waals surface area contributed by atoms with Crippen LogP contribution in [0.5, 0.6) is 0 Å². The average Bonchev–Trinajstić information content (AvgIpc) is 2.87. The first-order valence-electron chi connectivity index (χ1n) is 7.49. The van der Waals surface area contributed by atoms with E-state index in [9.17, 15) is 0 Å². The summed E-state index contributed by atoms with van der Waals surface area (Å²) in [5.74, 6) is 1.58. The molecule has 2 heterocycles. The number of likely N-dealkylation sites (N-methyl/N-ethyl adjacent to an activating group) is 3. The van der Waals surface area contributed by atoms with E-state index < -0.39 is 0 Å². The number of nitrogens with zero attached hydrogens (tertiary/aromatic N) is 4. The first-order chi connectivity index (χ1) is 9.62. The summed E-state index contributed by atoms with van der Waals surface area (Å²) >= 11 is 0. The van der Waals surface area contributed by atoms with E-state index in [2.05, 4.69) is 46.3 Å². The molecule has 1 saturated heterocycles. The van der Waals surface area contributed by atoms with Gasteiger partial charge in [0.25, 0.3) is 0 Å². The van der Waals surface area contributed by atoms with Crippen LogP contribution in [0, 0.1) is 0 Å². The van der Waals surface area contributed by atoms with E-state index >= 15 is 0 Å². The van der Waals surface area contributed by atoms with E-state index in [0.29, 0.717) is 12.1 Å². The number of rotatable bonds is 6. The van der Waals surface area contributed by atoms with Gasteiger partial charge in [-0.05, 0) is 27.6 Å². The van der Waals surface area contributed by atoms with Crippen molar-refractivity contribution >= 4 is 0 Å². The van der Waals surface area contributed by atoms with Crippen molar-refractivity contribution in [2.24, 2.45) is 0 Å². The number of aromatic nitrogens is 2. The zero-order chi connectivity index (χ0) is 14.5. The molecule has 1 fully saturated rings. The second kappa shape index (κ2) is 7.15. The standard InChI is InChI=1S/C14H27N5O/c1-5-11(15-2)8-14-16-13(17-20-14)9-12-10-18(3)6-7-19(12)4/h11-12,15H,5-10H2,1-4H3. The molecule has 0 aliphatic carbocycles. The van der Waals surface area contributed by atoms with Gasteiger partial charge < -0.3 is 19.6 Å². The molecule has 0 aromatic carbocycles. The molecule has 0 radical (unpaired) electrons. The Morgan fingerprint density at radius 2 is 2.20 bits per heavy atom. The SMILES string of the molecule is CCC(Cc1nc(CC2CN(C)CCN2C)no1)NC. The highest BCUT2D eigenvalue weighted by molar-refractivity contribution is 4.94. The molecule has 0 spiro atoms.